The van der Waals surface area contributed by atoms with E-state index in [2.05, 4.69) is 11.9 Å². The Labute approximate surface area is 164 Å². The van der Waals surface area contributed by atoms with E-state index in [1.165, 1.54) is 37.8 Å². The van der Waals surface area contributed by atoms with Gasteiger partial charge in [-0.1, -0.05) is 24.6 Å². The lowest BCUT2D eigenvalue weighted by atomic mass is 9.92. The van der Waals surface area contributed by atoms with Crippen LogP contribution in [0.15, 0.2) is 60.5 Å². The van der Waals surface area contributed by atoms with Gasteiger partial charge in [0.15, 0.2) is 0 Å². The van der Waals surface area contributed by atoms with Gasteiger partial charge in [0, 0.05) is 0 Å². The summed E-state index contributed by atoms with van der Waals surface area (Å²) in [6, 6.07) is 3.66. The molecule has 1 aromatic rings. The van der Waals surface area contributed by atoms with Gasteiger partial charge in [-0.05, 0) is 88.0 Å². The Morgan fingerprint density at radius 1 is 1.21 bits per heavy atom. The molecule has 1 aliphatic rings. The first kappa shape index (κ1) is 24.0. The number of piperidine rings is 1. The van der Waals surface area contributed by atoms with Gasteiger partial charge in [-0.25, -0.2) is 4.39 Å². The summed E-state index contributed by atoms with van der Waals surface area (Å²) in [7, 11) is 0. The third-order valence-corrected chi connectivity index (χ3v) is 4.50. The molecule has 0 spiro atoms. The molecule has 2 nitrogen and oxygen atoms in total. The fraction of sp³-hybridized carbons (Fsp3) is 0.455. The van der Waals surface area contributed by atoms with Crippen molar-refractivity contribution in [2.45, 2.75) is 45.2 Å². The molecule has 1 aromatic carbocycles. The molecule has 1 aliphatic heterocycles. The van der Waals surface area contributed by atoms with E-state index in [9.17, 15) is 17.6 Å². The average Bonchev–Trinajstić information content (AvgIpc) is 2.63. The molecule has 0 unspecified atom stereocenters. The minimum atomic E-state index is -4.33. The number of phenols is 1. The molecule has 6 heteroatoms. The van der Waals surface area contributed by atoms with Gasteiger partial charge in [0.25, 0.3) is 0 Å². The van der Waals surface area contributed by atoms with E-state index in [1.54, 1.807) is 6.08 Å². The van der Waals surface area contributed by atoms with Crippen LogP contribution < -0.4 is 5.32 Å². The highest BCUT2D eigenvalue weighted by molar-refractivity contribution is 5.27. The molecule has 1 fully saturated rings. The van der Waals surface area contributed by atoms with Crippen LogP contribution >= 0.6 is 0 Å². The van der Waals surface area contributed by atoms with Gasteiger partial charge in [0.2, 0.25) is 0 Å². The molecule has 2 N–H and O–H groups in total. The van der Waals surface area contributed by atoms with Crippen LogP contribution in [0.2, 0.25) is 0 Å². The number of nitrogens with one attached hydrogen (secondary N) is 1. The van der Waals surface area contributed by atoms with Crippen LogP contribution in [0.25, 0.3) is 0 Å². The van der Waals surface area contributed by atoms with Gasteiger partial charge in [-0.15, -0.1) is 0 Å². The average molecular weight is 399 g/mol. The highest BCUT2D eigenvalue weighted by atomic mass is 19.4. The molecule has 1 heterocycles. The number of hydrogen-bond donors (Lipinski definition) is 2. The molecule has 0 saturated carbocycles. The van der Waals surface area contributed by atoms with Gasteiger partial charge >= 0.3 is 6.18 Å². The van der Waals surface area contributed by atoms with E-state index in [4.69, 9.17) is 5.11 Å². The van der Waals surface area contributed by atoms with Crippen molar-refractivity contribution in [2.24, 2.45) is 5.92 Å². The maximum Gasteiger partial charge on any atom is 0.416 e. The van der Waals surface area contributed by atoms with Crippen molar-refractivity contribution >= 4 is 0 Å². The number of hydrogen-bond acceptors (Lipinski definition) is 2. The van der Waals surface area contributed by atoms with Crippen LogP contribution in [0, 0.1) is 5.92 Å². The van der Waals surface area contributed by atoms with Gasteiger partial charge in [-0.2, -0.15) is 13.2 Å². The lowest BCUT2D eigenvalue weighted by Crippen LogP contribution is -2.27. The van der Waals surface area contributed by atoms with E-state index >= 15 is 0 Å². The van der Waals surface area contributed by atoms with Crippen LogP contribution in [0.1, 0.15) is 44.6 Å². The van der Waals surface area contributed by atoms with Crippen molar-refractivity contribution < 1.29 is 22.7 Å². The minimum absolute atomic E-state index is 0.169. The smallest absolute Gasteiger partial charge is 0.416 e. The second kappa shape index (κ2) is 12.4. The molecule has 0 radical (unpaired) electrons. The quantitative estimate of drug-likeness (QED) is 0.420. The summed E-state index contributed by atoms with van der Waals surface area (Å²) in [5, 5.41) is 12.0. The largest absolute Gasteiger partial charge is 0.508 e. The van der Waals surface area contributed by atoms with Gasteiger partial charge < -0.3 is 10.4 Å². The molecule has 0 bridgehead atoms. The van der Waals surface area contributed by atoms with Crippen molar-refractivity contribution in [2.75, 3.05) is 13.1 Å². The summed E-state index contributed by atoms with van der Waals surface area (Å²) < 4.78 is 48.7. The third kappa shape index (κ3) is 10.3. The van der Waals surface area contributed by atoms with Crippen molar-refractivity contribution in [3.63, 3.8) is 0 Å². The van der Waals surface area contributed by atoms with E-state index in [0.29, 0.717) is 0 Å². The fourth-order valence-corrected chi connectivity index (χ4v) is 2.96. The first-order valence-corrected chi connectivity index (χ1v) is 9.44. The summed E-state index contributed by atoms with van der Waals surface area (Å²) in [4.78, 5) is 0. The fourth-order valence-electron chi connectivity index (χ4n) is 2.96. The number of rotatable bonds is 6. The Balaban J connectivity index is 0.000000307. The number of phenolic OH excluding ortho intramolecular Hbond substituents is 1. The molecule has 2 rings (SSSR count). The summed E-state index contributed by atoms with van der Waals surface area (Å²) in [6.07, 6.45) is 6.22. The predicted molar refractivity (Wildman–Crippen MR) is 106 cm³/mol. The summed E-state index contributed by atoms with van der Waals surface area (Å²) in [6.45, 7) is 7.80. The van der Waals surface area contributed by atoms with Gasteiger partial charge in [0.05, 0.1) is 5.56 Å². The van der Waals surface area contributed by atoms with Crippen molar-refractivity contribution in [3.8, 4) is 5.75 Å². The Bertz CT molecular complexity index is 641. The SMILES string of the molecule is C=C/C=C(F)\C=C(/C)CCCC1CCNCC1.Oc1ccc(C(F)(F)F)cc1. The van der Waals surface area contributed by atoms with Crippen LogP contribution in [0.5, 0.6) is 5.75 Å². The van der Waals surface area contributed by atoms with Gasteiger partial charge in [-0.3, -0.25) is 0 Å². The monoisotopic (exact) mass is 399 g/mol. The first-order chi connectivity index (χ1) is 13.2. The predicted octanol–water partition coefficient (Wildman–Crippen LogP) is 6.55. The molecular weight excluding hydrogens is 370 g/mol. The lowest BCUT2D eigenvalue weighted by Gasteiger charge is -2.22. The summed E-state index contributed by atoms with van der Waals surface area (Å²) in [5.41, 5.74) is 0.366. The van der Waals surface area contributed by atoms with Crippen molar-refractivity contribution in [3.05, 3.63) is 66.0 Å². The molecular formula is C22H29F4NO. The molecule has 0 aromatic heterocycles. The highest BCUT2D eigenvalue weighted by Crippen LogP contribution is 2.29. The number of allylic oxidation sites excluding steroid dienone is 5. The Morgan fingerprint density at radius 2 is 1.82 bits per heavy atom. The number of alkyl halides is 3. The van der Waals surface area contributed by atoms with E-state index in [1.807, 2.05) is 6.92 Å². The minimum Gasteiger partial charge on any atom is -0.508 e. The standard InChI is InChI=1S/C15H24FN.C7H5F3O/c1-3-5-15(16)12-13(2)6-4-7-14-8-10-17-11-9-14;8-7(9,10)5-1-3-6(11)4-2-5/h3,5,12,14,17H,1,4,6-11H2,2H3;1-4,11H/b13-12+,15-5+;. The molecule has 28 heavy (non-hydrogen) atoms. The lowest BCUT2D eigenvalue weighted by molar-refractivity contribution is -0.137. The normalized spacial score (nSPS) is 16.3. The van der Waals surface area contributed by atoms with E-state index in [-0.39, 0.29) is 11.6 Å². The zero-order chi connectivity index (χ0) is 21.0. The number of benzene rings is 1. The zero-order valence-corrected chi connectivity index (χ0v) is 16.2. The Kier molecular flexibility index (Phi) is 10.6. The maximum absolute atomic E-state index is 13.1. The van der Waals surface area contributed by atoms with E-state index < -0.39 is 11.7 Å². The van der Waals surface area contributed by atoms with Crippen LogP contribution in [0.3, 0.4) is 0 Å². The van der Waals surface area contributed by atoms with Crippen LogP contribution in [0.4, 0.5) is 17.6 Å². The second-order valence-electron chi connectivity index (χ2n) is 6.91. The Hall–Kier alpha value is -2.08. The number of halogens is 4. The van der Waals surface area contributed by atoms with Crippen LogP contribution in [-0.2, 0) is 6.18 Å². The van der Waals surface area contributed by atoms with Gasteiger partial charge in [0.1, 0.15) is 11.6 Å². The van der Waals surface area contributed by atoms with Crippen molar-refractivity contribution in [1.29, 1.82) is 0 Å². The molecule has 156 valence electrons. The van der Waals surface area contributed by atoms with Crippen molar-refractivity contribution in [1.82, 2.24) is 5.32 Å². The second-order valence-corrected chi connectivity index (χ2v) is 6.91. The topological polar surface area (TPSA) is 32.3 Å². The third-order valence-electron chi connectivity index (χ3n) is 4.50. The molecule has 0 amide bonds. The first-order valence-electron chi connectivity index (χ1n) is 9.44. The van der Waals surface area contributed by atoms with Crippen LogP contribution in [-0.4, -0.2) is 18.2 Å². The Morgan fingerprint density at radius 3 is 2.36 bits per heavy atom. The molecule has 0 aliphatic carbocycles. The zero-order valence-electron chi connectivity index (χ0n) is 16.2. The highest BCUT2D eigenvalue weighted by Gasteiger charge is 2.29. The summed E-state index contributed by atoms with van der Waals surface area (Å²) in [5.74, 6) is 0.509. The maximum atomic E-state index is 13.1. The number of aromatic hydroxyl groups is 1. The molecule has 0 atom stereocenters. The molecule has 1 saturated heterocycles. The van der Waals surface area contributed by atoms with E-state index in [0.717, 1.165) is 55.3 Å². The summed E-state index contributed by atoms with van der Waals surface area (Å²) >= 11 is 0.